The molecule has 32 heavy (non-hydrogen) atoms. The number of amides is 1. The van der Waals surface area contributed by atoms with E-state index in [9.17, 15) is 18.0 Å². The van der Waals surface area contributed by atoms with E-state index in [-0.39, 0.29) is 23.1 Å². The van der Waals surface area contributed by atoms with Gasteiger partial charge in [-0.25, -0.2) is 18.7 Å². The molecule has 0 fully saturated rings. The number of pyridine rings is 1. The van der Waals surface area contributed by atoms with Gasteiger partial charge in [0.1, 0.15) is 17.1 Å². The van der Waals surface area contributed by atoms with Crippen molar-refractivity contribution in [3.63, 3.8) is 0 Å². The van der Waals surface area contributed by atoms with Gasteiger partial charge >= 0.3 is 6.43 Å². The average Bonchev–Trinajstić information content (AvgIpc) is 2.80. The molecule has 0 aliphatic carbocycles. The molecular weight excluding hydrogens is 423 g/mol. The number of carbonyl (C=O) groups is 1. The molecule has 0 saturated heterocycles. The third kappa shape index (κ3) is 4.91. The first-order valence-electron chi connectivity index (χ1n) is 9.43. The third-order valence-corrected chi connectivity index (χ3v) is 4.36. The zero-order chi connectivity index (χ0) is 22.5. The predicted octanol–water partition coefficient (Wildman–Crippen LogP) is 4.96. The van der Waals surface area contributed by atoms with Crippen molar-refractivity contribution in [3.05, 3.63) is 78.9 Å². The second-order valence-corrected chi connectivity index (χ2v) is 6.58. The van der Waals surface area contributed by atoms with Gasteiger partial charge in [-0.3, -0.25) is 9.78 Å². The van der Waals surface area contributed by atoms with Crippen LogP contribution in [-0.4, -0.2) is 33.6 Å². The van der Waals surface area contributed by atoms with Crippen LogP contribution in [0.15, 0.2) is 73.2 Å². The molecule has 162 valence electrons. The first-order chi connectivity index (χ1) is 15.5. The SMILES string of the molecule is O=C(Nc1cnccc1OC(F)C(F)F)c1ccnc(Nc2ccc3ccccc3c2)n1. The quantitative estimate of drug-likeness (QED) is 0.423. The number of halogens is 3. The maximum absolute atomic E-state index is 13.3. The molecule has 1 amide bonds. The van der Waals surface area contributed by atoms with Crippen LogP contribution in [0.25, 0.3) is 10.8 Å². The van der Waals surface area contributed by atoms with Crippen LogP contribution in [-0.2, 0) is 0 Å². The van der Waals surface area contributed by atoms with Gasteiger partial charge in [0.2, 0.25) is 5.95 Å². The van der Waals surface area contributed by atoms with Crippen LogP contribution < -0.4 is 15.4 Å². The van der Waals surface area contributed by atoms with E-state index in [0.29, 0.717) is 0 Å². The van der Waals surface area contributed by atoms with Gasteiger partial charge in [0, 0.05) is 24.1 Å². The Kier molecular flexibility index (Phi) is 6.11. The van der Waals surface area contributed by atoms with Crippen LogP contribution in [0, 0.1) is 0 Å². The van der Waals surface area contributed by atoms with Gasteiger partial charge < -0.3 is 15.4 Å². The summed E-state index contributed by atoms with van der Waals surface area (Å²) in [5, 5.41) is 7.56. The first-order valence-corrected chi connectivity index (χ1v) is 9.43. The van der Waals surface area contributed by atoms with Gasteiger partial charge in [-0.2, -0.15) is 4.39 Å². The molecule has 2 heterocycles. The highest BCUT2D eigenvalue weighted by atomic mass is 19.3. The minimum absolute atomic E-state index is 0.0104. The Hall–Kier alpha value is -4.21. The van der Waals surface area contributed by atoms with E-state index in [0.717, 1.165) is 28.7 Å². The molecule has 2 N–H and O–H groups in total. The molecule has 0 aliphatic rings. The molecule has 0 radical (unpaired) electrons. The van der Waals surface area contributed by atoms with Crippen LogP contribution in [0.4, 0.5) is 30.5 Å². The highest BCUT2D eigenvalue weighted by Gasteiger charge is 2.23. The zero-order valence-electron chi connectivity index (χ0n) is 16.4. The third-order valence-electron chi connectivity index (χ3n) is 4.36. The summed E-state index contributed by atoms with van der Waals surface area (Å²) in [5.41, 5.74) is 0.636. The maximum Gasteiger partial charge on any atom is 0.304 e. The van der Waals surface area contributed by atoms with Crippen LogP contribution in [0.1, 0.15) is 10.5 Å². The highest BCUT2D eigenvalue weighted by molar-refractivity contribution is 6.03. The number of alkyl halides is 3. The van der Waals surface area contributed by atoms with Gasteiger partial charge in [0.15, 0.2) is 0 Å². The topological polar surface area (TPSA) is 89.0 Å². The van der Waals surface area contributed by atoms with Crippen LogP contribution in [0.3, 0.4) is 0 Å². The van der Waals surface area contributed by atoms with E-state index in [1.807, 2.05) is 42.5 Å². The lowest BCUT2D eigenvalue weighted by Crippen LogP contribution is -2.21. The lowest BCUT2D eigenvalue weighted by molar-refractivity contribution is -0.0665. The number of nitrogens with one attached hydrogen (secondary N) is 2. The van der Waals surface area contributed by atoms with E-state index in [4.69, 9.17) is 0 Å². The molecule has 0 aliphatic heterocycles. The lowest BCUT2D eigenvalue weighted by atomic mass is 10.1. The molecule has 7 nitrogen and oxygen atoms in total. The number of carbonyl (C=O) groups excluding carboxylic acids is 1. The Morgan fingerprint density at radius 3 is 2.59 bits per heavy atom. The number of benzene rings is 2. The summed E-state index contributed by atoms with van der Waals surface area (Å²) in [4.78, 5) is 24.7. The van der Waals surface area contributed by atoms with E-state index in [2.05, 4.69) is 30.3 Å². The van der Waals surface area contributed by atoms with Crippen LogP contribution in [0.5, 0.6) is 5.75 Å². The zero-order valence-corrected chi connectivity index (χ0v) is 16.4. The number of hydrogen-bond donors (Lipinski definition) is 2. The summed E-state index contributed by atoms with van der Waals surface area (Å²) in [6.45, 7) is 0. The van der Waals surface area contributed by atoms with Crippen molar-refractivity contribution in [1.82, 2.24) is 15.0 Å². The number of aromatic nitrogens is 3. The molecule has 4 rings (SSSR count). The lowest BCUT2D eigenvalue weighted by Gasteiger charge is -2.14. The standard InChI is InChI=1S/C22H16F3N5O2/c23-19(24)20(25)32-18-8-9-26-12-17(18)29-21(31)16-7-10-27-22(30-16)28-15-6-5-13-3-1-2-4-14(13)11-15/h1-12,19-20H,(H,29,31)(H,27,28,30). The van der Waals surface area contributed by atoms with E-state index in [1.54, 1.807) is 0 Å². The summed E-state index contributed by atoms with van der Waals surface area (Å²) in [6.07, 6.45) is -2.41. The Morgan fingerprint density at radius 2 is 1.78 bits per heavy atom. The normalized spacial score (nSPS) is 11.9. The Morgan fingerprint density at radius 1 is 0.969 bits per heavy atom. The molecule has 0 spiro atoms. The fourth-order valence-corrected chi connectivity index (χ4v) is 2.88. The number of hydrogen-bond acceptors (Lipinski definition) is 6. The summed E-state index contributed by atoms with van der Waals surface area (Å²) >= 11 is 0. The number of nitrogens with zero attached hydrogens (tertiary/aromatic N) is 3. The second-order valence-electron chi connectivity index (χ2n) is 6.58. The smallest absolute Gasteiger partial charge is 0.304 e. The molecule has 2 aromatic carbocycles. The average molecular weight is 439 g/mol. The van der Waals surface area contributed by atoms with Crippen molar-refractivity contribution >= 4 is 34.0 Å². The van der Waals surface area contributed by atoms with E-state index in [1.165, 1.54) is 18.5 Å². The Balaban J connectivity index is 1.50. The van der Waals surface area contributed by atoms with Crippen molar-refractivity contribution in [2.45, 2.75) is 12.8 Å². The van der Waals surface area contributed by atoms with E-state index < -0.39 is 18.7 Å². The van der Waals surface area contributed by atoms with Crippen molar-refractivity contribution in [2.75, 3.05) is 10.6 Å². The fourth-order valence-electron chi connectivity index (χ4n) is 2.88. The molecule has 2 aromatic heterocycles. The van der Waals surface area contributed by atoms with Crippen LogP contribution >= 0.6 is 0 Å². The number of rotatable bonds is 7. The summed E-state index contributed by atoms with van der Waals surface area (Å²) < 4.78 is 42.8. The predicted molar refractivity (Wildman–Crippen MR) is 113 cm³/mol. The second kappa shape index (κ2) is 9.29. The minimum atomic E-state index is -3.34. The number of fused-ring (bicyclic) bond motifs is 1. The number of ether oxygens (including phenoxy) is 1. The molecule has 0 saturated carbocycles. The van der Waals surface area contributed by atoms with Gasteiger partial charge in [0.05, 0.1) is 6.20 Å². The van der Waals surface area contributed by atoms with Crippen molar-refractivity contribution in [2.24, 2.45) is 0 Å². The Bertz CT molecular complexity index is 1250. The van der Waals surface area contributed by atoms with E-state index >= 15 is 0 Å². The molecule has 1 unspecified atom stereocenters. The monoisotopic (exact) mass is 439 g/mol. The molecule has 4 aromatic rings. The van der Waals surface area contributed by atoms with Gasteiger partial charge in [-0.05, 0) is 29.0 Å². The first kappa shape index (κ1) is 21.0. The minimum Gasteiger partial charge on any atom is -0.452 e. The largest absolute Gasteiger partial charge is 0.452 e. The van der Waals surface area contributed by atoms with Gasteiger partial charge in [0.25, 0.3) is 12.3 Å². The maximum atomic E-state index is 13.3. The van der Waals surface area contributed by atoms with Crippen molar-refractivity contribution in [3.8, 4) is 5.75 Å². The van der Waals surface area contributed by atoms with Gasteiger partial charge in [-0.1, -0.05) is 30.3 Å². The molecule has 10 heteroatoms. The summed E-state index contributed by atoms with van der Waals surface area (Å²) in [6, 6.07) is 16.1. The van der Waals surface area contributed by atoms with Gasteiger partial charge in [-0.15, -0.1) is 0 Å². The summed E-state index contributed by atoms with van der Waals surface area (Å²) in [5.74, 6) is -0.791. The molecule has 1 atom stereocenters. The molecular formula is C22H16F3N5O2. The van der Waals surface area contributed by atoms with Crippen molar-refractivity contribution < 1.29 is 22.7 Å². The van der Waals surface area contributed by atoms with Crippen molar-refractivity contribution in [1.29, 1.82) is 0 Å². The highest BCUT2D eigenvalue weighted by Crippen LogP contribution is 2.26. The fraction of sp³-hybridized carbons (Fsp3) is 0.0909. The number of anilines is 3. The Labute approximate surface area is 180 Å². The summed E-state index contributed by atoms with van der Waals surface area (Å²) in [7, 11) is 0. The van der Waals surface area contributed by atoms with Crippen LogP contribution in [0.2, 0.25) is 0 Å². The molecule has 0 bridgehead atoms.